The topological polar surface area (TPSA) is 40.7 Å². The van der Waals surface area contributed by atoms with Gasteiger partial charge in [-0.1, -0.05) is 35.0 Å². The van der Waals surface area contributed by atoms with E-state index in [1.807, 2.05) is 18.3 Å². The van der Waals surface area contributed by atoms with Crippen LogP contribution in [0.15, 0.2) is 34.9 Å². The highest BCUT2D eigenvalue weighted by Gasteiger charge is 2.06. The number of benzene rings is 1. The maximum Gasteiger partial charge on any atom is 0.0695 e. The molecular formula is C13H16BrN3. The number of aromatic nitrogens is 2. The van der Waals surface area contributed by atoms with Crippen molar-refractivity contribution >= 4 is 15.9 Å². The van der Waals surface area contributed by atoms with Crippen molar-refractivity contribution in [3.05, 3.63) is 40.5 Å². The monoisotopic (exact) mass is 293 g/mol. The number of halogens is 1. The van der Waals surface area contributed by atoms with Crippen molar-refractivity contribution in [3.63, 3.8) is 0 Å². The van der Waals surface area contributed by atoms with E-state index >= 15 is 0 Å². The SMILES string of the molecule is CCCNCc1cn[nH]c1-c1ccc(Br)cc1. The molecule has 3 nitrogen and oxygen atoms in total. The Morgan fingerprint density at radius 2 is 2.06 bits per heavy atom. The third kappa shape index (κ3) is 3.17. The average Bonchev–Trinajstić information content (AvgIpc) is 2.79. The van der Waals surface area contributed by atoms with Gasteiger partial charge in [0.2, 0.25) is 0 Å². The van der Waals surface area contributed by atoms with E-state index in [9.17, 15) is 0 Å². The van der Waals surface area contributed by atoms with Crippen molar-refractivity contribution in [1.82, 2.24) is 15.5 Å². The van der Waals surface area contributed by atoms with E-state index in [4.69, 9.17) is 0 Å². The standard InChI is InChI=1S/C13H16BrN3/c1-2-7-15-8-11-9-16-17-13(11)10-3-5-12(14)6-4-10/h3-6,9,15H,2,7-8H2,1H3,(H,16,17). The number of aromatic amines is 1. The highest BCUT2D eigenvalue weighted by atomic mass is 79.9. The summed E-state index contributed by atoms with van der Waals surface area (Å²) in [6, 6.07) is 8.25. The summed E-state index contributed by atoms with van der Waals surface area (Å²) < 4.78 is 1.09. The Morgan fingerprint density at radius 1 is 1.29 bits per heavy atom. The summed E-state index contributed by atoms with van der Waals surface area (Å²) in [6.07, 6.45) is 3.03. The van der Waals surface area contributed by atoms with E-state index in [0.717, 1.165) is 29.7 Å². The Bertz CT molecular complexity index is 462. The predicted octanol–water partition coefficient (Wildman–Crippen LogP) is 3.34. The second-order valence-electron chi connectivity index (χ2n) is 3.95. The minimum absolute atomic E-state index is 0.857. The molecule has 0 bridgehead atoms. The van der Waals surface area contributed by atoms with Crippen molar-refractivity contribution in [2.45, 2.75) is 19.9 Å². The fourth-order valence-electron chi connectivity index (χ4n) is 1.71. The first kappa shape index (κ1) is 12.3. The van der Waals surface area contributed by atoms with Crippen LogP contribution < -0.4 is 5.32 Å². The molecule has 0 aliphatic rings. The van der Waals surface area contributed by atoms with E-state index in [-0.39, 0.29) is 0 Å². The van der Waals surface area contributed by atoms with Crippen LogP contribution in [0.25, 0.3) is 11.3 Å². The highest BCUT2D eigenvalue weighted by Crippen LogP contribution is 2.22. The van der Waals surface area contributed by atoms with Crippen LogP contribution in [-0.2, 0) is 6.54 Å². The predicted molar refractivity (Wildman–Crippen MR) is 73.7 cm³/mol. The first-order valence-corrected chi connectivity index (χ1v) is 6.59. The molecule has 0 fully saturated rings. The molecule has 1 heterocycles. The molecule has 0 aliphatic carbocycles. The average molecular weight is 294 g/mol. The van der Waals surface area contributed by atoms with Crippen LogP contribution in [0.3, 0.4) is 0 Å². The van der Waals surface area contributed by atoms with Crippen LogP contribution in [0.1, 0.15) is 18.9 Å². The number of rotatable bonds is 5. The third-order valence-corrected chi connectivity index (χ3v) is 3.12. The lowest BCUT2D eigenvalue weighted by molar-refractivity contribution is 0.676. The Balaban J connectivity index is 2.15. The second-order valence-corrected chi connectivity index (χ2v) is 4.87. The van der Waals surface area contributed by atoms with Crippen molar-refractivity contribution in [2.24, 2.45) is 0 Å². The lowest BCUT2D eigenvalue weighted by Gasteiger charge is -2.04. The van der Waals surface area contributed by atoms with Crippen LogP contribution in [0, 0.1) is 0 Å². The molecule has 4 heteroatoms. The zero-order chi connectivity index (χ0) is 12.1. The highest BCUT2D eigenvalue weighted by molar-refractivity contribution is 9.10. The summed E-state index contributed by atoms with van der Waals surface area (Å²) in [5.74, 6) is 0. The zero-order valence-corrected chi connectivity index (χ0v) is 11.4. The maximum atomic E-state index is 4.12. The number of hydrogen-bond acceptors (Lipinski definition) is 2. The molecule has 0 radical (unpaired) electrons. The minimum Gasteiger partial charge on any atom is -0.313 e. The van der Waals surface area contributed by atoms with Crippen LogP contribution in [0.5, 0.6) is 0 Å². The first-order valence-electron chi connectivity index (χ1n) is 5.80. The van der Waals surface area contributed by atoms with Gasteiger partial charge in [0.15, 0.2) is 0 Å². The van der Waals surface area contributed by atoms with Gasteiger partial charge in [-0.3, -0.25) is 5.10 Å². The molecule has 0 unspecified atom stereocenters. The molecule has 0 atom stereocenters. The number of hydrogen-bond donors (Lipinski definition) is 2. The minimum atomic E-state index is 0.857. The normalized spacial score (nSPS) is 10.7. The summed E-state index contributed by atoms with van der Waals surface area (Å²) in [4.78, 5) is 0. The second kappa shape index (κ2) is 5.98. The van der Waals surface area contributed by atoms with Gasteiger partial charge in [-0.15, -0.1) is 0 Å². The van der Waals surface area contributed by atoms with Gasteiger partial charge in [-0.05, 0) is 30.7 Å². The van der Waals surface area contributed by atoms with Gasteiger partial charge < -0.3 is 5.32 Å². The molecule has 0 saturated carbocycles. The number of nitrogens with zero attached hydrogens (tertiary/aromatic N) is 1. The van der Waals surface area contributed by atoms with Gasteiger partial charge in [-0.2, -0.15) is 5.10 Å². The molecule has 17 heavy (non-hydrogen) atoms. The first-order chi connectivity index (χ1) is 8.31. The largest absolute Gasteiger partial charge is 0.313 e. The Labute approximate surface area is 110 Å². The number of H-pyrrole nitrogens is 1. The van der Waals surface area contributed by atoms with Crippen molar-refractivity contribution < 1.29 is 0 Å². The molecule has 0 aliphatic heterocycles. The van der Waals surface area contributed by atoms with Crippen LogP contribution in [0.2, 0.25) is 0 Å². The molecular weight excluding hydrogens is 278 g/mol. The molecule has 0 amide bonds. The zero-order valence-electron chi connectivity index (χ0n) is 9.83. The van der Waals surface area contributed by atoms with Crippen molar-refractivity contribution in [2.75, 3.05) is 6.54 Å². The maximum absolute atomic E-state index is 4.12. The molecule has 1 aromatic heterocycles. The molecule has 2 rings (SSSR count). The van der Waals surface area contributed by atoms with E-state index in [1.54, 1.807) is 0 Å². The molecule has 2 N–H and O–H groups in total. The molecule has 2 aromatic rings. The molecule has 0 spiro atoms. The number of nitrogens with one attached hydrogen (secondary N) is 2. The summed E-state index contributed by atoms with van der Waals surface area (Å²) in [5, 5.41) is 10.6. The van der Waals surface area contributed by atoms with E-state index in [0.29, 0.717) is 0 Å². The fourth-order valence-corrected chi connectivity index (χ4v) is 1.98. The van der Waals surface area contributed by atoms with Crippen LogP contribution >= 0.6 is 15.9 Å². The van der Waals surface area contributed by atoms with Gasteiger partial charge >= 0.3 is 0 Å². The smallest absolute Gasteiger partial charge is 0.0695 e. The van der Waals surface area contributed by atoms with E-state index in [2.05, 4.69) is 50.5 Å². The van der Waals surface area contributed by atoms with Gasteiger partial charge in [-0.25, -0.2) is 0 Å². The Kier molecular flexibility index (Phi) is 4.34. The Hall–Kier alpha value is -1.13. The van der Waals surface area contributed by atoms with E-state index in [1.165, 1.54) is 11.1 Å². The van der Waals surface area contributed by atoms with Gasteiger partial charge in [0.1, 0.15) is 0 Å². The van der Waals surface area contributed by atoms with E-state index < -0.39 is 0 Å². The van der Waals surface area contributed by atoms with Crippen LogP contribution in [-0.4, -0.2) is 16.7 Å². The summed E-state index contributed by atoms with van der Waals surface area (Å²) >= 11 is 3.44. The van der Waals surface area contributed by atoms with Gasteiger partial charge in [0.05, 0.1) is 11.9 Å². The lowest BCUT2D eigenvalue weighted by atomic mass is 10.1. The van der Waals surface area contributed by atoms with Crippen LogP contribution in [0.4, 0.5) is 0 Å². The fraction of sp³-hybridized carbons (Fsp3) is 0.308. The molecule has 1 aromatic carbocycles. The van der Waals surface area contributed by atoms with Gasteiger partial charge in [0.25, 0.3) is 0 Å². The lowest BCUT2D eigenvalue weighted by Crippen LogP contribution is -2.13. The van der Waals surface area contributed by atoms with Crippen molar-refractivity contribution in [1.29, 1.82) is 0 Å². The third-order valence-electron chi connectivity index (χ3n) is 2.59. The van der Waals surface area contributed by atoms with Gasteiger partial charge in [0, 0.05) is 16.6 Å². The Morgan fingerprint density at radius 3 is 2.76 bits per heavy atom. The van der Waals surface area contributed by atoms with Crippen molar-refractivity contribution in [3.8, 4) is 11.3 Å². The quantitative estimate of drug-likeness (QED) is 0.830. The molecule has 90 valence electrons. The summed E-state index contributed by atoms with van der Waals surface area (Å²) in [7, 11) is 0. The summed E-state index contributed by atoms with van der Waals surface area (Å²) in [6.45, 7) is 4.05. The molecule has 0 saturated heterocycles. The summed E-state index contributed by atoms with van der Waals surface area (Å²) in [5.41, 5.74) is 3.47.